The molecule has 1 aliphatic heterocycles. The topological polar surface area (TPSA) is 57.6 Å². The van der Waals surface area contributed by atoms with Crippen LogP contribution in [0.5, 0.6) is 0 Å². The van der Waals surface area contributed by atoms with Gasteiger partial charge in [0.15, 0.2) is 0 Å². The van der Waals surface area contributed by atoms with Gasteiger partial charge in [0, 0.05) is 18.3 Å². The SMILES string of the molecule is O=S(=O)(c1ccc(N2CCCCCC2CC(O)c2ccccc2)cc1)C(F)F. The summed E-state index contributed by atoms with van der Waals surface area (Å²) < 4.78 is 48.8. The zero-order chi connectivity index (χ0) is 20.1. The predicted molar refractivity (Wildman–Crippen MR) is 105 cm³/mol. The van der Waals surface area contributed by atoms with E-state index in [4.69, 9.17) is 0 Å². The average molecular weight is 409 g/mol. The van der Waals surface area contributed by atoms with Crippen LogP contribution in [0.15, 0.2) is 59.5 Å². The number of nitrogens with zero attached hydrogens (tertiary/aromatic N) is 1. The Morgan fingerprint density at radius 1 is 1.00 bits per heavy atom. The molecular formula is C21H25F2NO3S. The number of hydrogen-bond donors (Lipinski definition) is 1. The lowest BCUT2D eigenvalue weighted by atomic mass is 9.98. The first-order valence-corrected chi connectivity index (χ1v) is 11.1. The van der Waals surface area contributed by atoms with Crippen molar-refractivity contribution in [2.24, 2.45) is 0 Å². The van der Waals surface area contributed by atoms with Crippen LogP contribution in [0.1, 0.15) is 43.8 Å². The fourth-order valence-corrected chi connectivity index (χ4v) is 4.48. The highest BCUT2D eigenvalue weighted by molar-refractivity contribution is 7.91. The van der Waals surface area contributed by atoms with E-state index in [0.717, 1.165) is 43.5 Å². The van der Waals surface area contributed by atoms with Crippen LogP contribution in [0.2, 0.25) is 0 Å². The van der Waals surface area contributed by atoms with Gasteiger partial charge in [-0.15, -0.1) is 0 Å². The molecule has 0 amide bonds. The minimum atomic E-state index is -4.59. The van der Waals surface area contributed by atoms with Gasteiger partial charge in [0.1, 0.15) is 0 Å². The van der Waals surface area contributed by atoms with E-state index in [1.165, 1.54) is 12.1 Å². The molecule has 1 saturated heterocycles. The minimum absolute atomic E-state index is 0.0928. The molecule has 0 aliphatic carbocycles. The third-order valence-corrected chi connectivity index (χ3v) is 6.69. The highest BCUT2D eigenvalue weighted by atomic mass is 32.2. The molecular weight excluding hydrogens is 384 g/mol. The van der Waals surface area contributed by atoms with E-state index in [1.54, 1.807) is 12.1 Å². The molecule has 3 rings (SSSR count). The largest absolute Gasteiger partial charge is 0.388 e. The van der Waals surface area contributed by atoms with Crippen molar-refractivity contribution in [3.05, 3.63) is 60.2 Å². The van der Waals surface area contributed by atoms with Crippen molar-refractivity contribution in [3.8, 4) is 0 Å². The Bertz CT molecular complexity index is 857. The second kappa shape index (κ2) is 9.01. The van der Waals surface area contributed by atoms with E-state index in [-0.39, 0.29) is 10.9 Å². The Hall–Kier alpha value is -1.99. The zero-order valence-corrected chi connectivity index (χ0v) is 16.4. The summed E-state index contributed by atoms with van der Waals surface area (Å²) in [6, 6.07) is 15.2. The van der Waals surface area contributed by atoms with Gasteiger partial charge in [-0.1, -0.05) is 43.2 Å². The third kappa shape index (κ3) is 4.70. The van der Waals surface area contributed by atoms with Gasteiger partial charge in [-0.2, -0.15) is 8.78 Å². The van der Waals surface area contributed by atoms with Crippen LogP contribution in [0, 0.1) is 0 Å². The zero-order valence-electron chi connectivity index (χ0n) is 15.5. The van der Waals surface area contributed by atoms with Crippen molar-refractivity contribution in [3.63, 3.8) is 0 Å². The lowest BCUT2D eigenvalue weighted by Gasteiger charge is -2.33. The van der Waals surface area contributed by atoms with E-state index < -0.39 is 21.7 Å². The molecule has 2 unspecified atom stereocenters. The lowest BCUT2D eigenvalue weighted by molar-refractivity contribution is 0.155. The summed E-state index contributed by atoms with van der Waals surface area (Å²) in [5, 5.41) is 10.7. The number of rotatable bonds is 6. The molecule has 0 aromatic heterocycles. The normalized spacial score (nSPS) is 19.4. The molecule has 7 heteroatoms. The number of anilines is 1. The molecule has 2 aromatic rings. The molecule has 0 spiro atoms. The Morgan fingerprint density at radius 3 is 2.32 bits per heavy atom. The first-order valence-electron chi connectivity index (χ1n) is 9.51. The quantitative estimate of drug-likeness (QED) is 0.760. The summed E-state index contributed by atoms with van der Waals surface area (Å²) in [4.78, 5) is 1.79. The van der Waals surface area contributed by atoms with Crippen LogP contribution >= 0.6 is 0 Å². The average Bonchev–Trinajstić information content (AvgIpc) is 2.94. The van der Waals surface area contributed by atoms with Crippen LogP contribution in [0.3, 0.4) is 0 Å². The molecule has 0 saturated carbocycles. The Balaban J connectivity index is 1.81. The maximum Gasteiger partial charge on any atom is 0.341 e. The van der Waals surface area contributed by atoms with Crippen molar-refractivity contribution in [1.82, 2.24) is 0 Å². The summed E-state index contributed by atoms with van der Waals surface area (Å²) in [5.74, 6) is -3.43. The number of halogens is 2. The number of aliphatic hydroxyl groups excluding tert-OH is 1. The van der Waals surface area contributed by atoms with E-state index in [2.05, 4.69) is 4.90 Å². The van der Waals surface area contributed by atoms with Gasteiger partial charge >= 0.3 is 5.76 Å². The van der Waals surface area contributed by atoms with E-state index in [9.17, 15) is 22.3 Å². The number of hydrogen-bond acceptors (Lipinski definition) is 4. The number of alkyl halides is 2. The van der Waals surface area contributed by atoms with Gasteiger partial charge in [-0.3, -0.25) is 0 Å². The summed E-state index contributed by atoms with van der Waals surface area (Å²) in [7, 11) is -4.59. The molecule has 1 aliphatic rings. The Labute approximate surface area is 164 Å². The van der Waals surface area contributed by atoms with Crippen LogP contribution in [0.4, 0.5) is 14.5 Å². The summed E-state index contributed by atoms with van der Waals surface area (Å²) in [6.07, 6.45) is 4.02. The molecule has 1 N–H and O–H groups in total. The maximum atomic E-state index is 12.7. The first-order chi connectivity index (χ1) is 13.4. The van der Waals surface area contributed by atoms with Crippen LogP contribution < -0.4 is 4.90 Å². The van der Waals surface area contributed by atoms with E-state index >= 15 is 0 Å². The monoisotopic (exact) mass is 409 g/mol. The number of sulfone groups is 1. The summed E-state index contributed by atoms with van der Waals surface area (Å²) >= 11 is 0. The van der Waals surface area contributed by atoms with Crippen molar-refractivity contribution < 1.29 is 22.3 Å². The van der Waals surface area contributed by atoms with Crippen molar-refractivity contribution >= 4 is 15.5 Å². The second-order valence-electron chi connectivity index (χ2n) is 7.16. The molecule has 4 nitrogen and oxygen atoms in total. The molecule has 152 valence electrons. The van der Waals surface area contributed by atoms with E-state index in [1.807, 2.05) is 30.3 Å². The van der Waals surface area contributed by atoms with Gasteiger partial charge in [-0.05, 0) is 49.1 Å². The van der Waals surface area contributed by atoms with Crippen LogP contribution in [-0.4, -0.2) is 31.9 Å². The van der Waals surface area contributed by atoms with Crippen molar-refractivity contribution in [2.45, 2.75) is 54.9 Å². The van der Waals surface area contributed by atoms with Gasteiger partial charge < -0.3 is 10.0 Å². The molecule has 0 bridgehead atoms. The van der Waals surface area contributed by atoms with Gasteiger partial charge in [0.25, 0.3) is 0 Å². The number of aliphatic hydroxyl groups is 1. The second-order valence-corrected chi connectivity index (χ2v) is 9.08. The van der Waals surface area contributed by atoms with Crippen LogP contribution in [0.25, 0.3) is 0 Å². The van der Waals surface area contributed by atoms with Crippen molar-refractivity contribution in [1.29, 1.82) is 0 Å². The van der Waals surface area contributed by atoms with Gasteiger partial charge in [0.2, 0.25) is 9.84 Å². The molecule has 2 atom stereocenters. The molecule has 1 fully saturated rings. The maximum absolute atomic E-state index is 12.7. The molecule has 0 radical (unpaired) electrons. The van der Waals surface area contributed by atoms with Gasteiger partial charge in [0.05, 0.1) is 11.0 Å². The fourth-order valence-electron chi connectivity index (χ4n) is 3.76. The lowest BCUT2D eigenvalue weighted by Crippen LogP contribution is -2.36. The molecule has 1 heterocycles. The third-order valence-electron chi connectivity index (χ3n) is 5.29. The Kier molecular flexibility index (Phi) is 6.67. The predicted octanol–water partition coefficient (Wildman–Crippen LogP) is 4.56. The number of benzene rings is 2. The standard InChI is InChI=1S/C21H25F2NO3S/c22-21(23)28(26,27)19-12-10-17(11-13-19)24-14-6-2-5-9-18(24)15-20(25)16-7-3-1-4-8-16/h1,3-4,7-8,10-13,18,20-21,25H,2,5-6,9,14-15H2. The molecule has 2 aromatic carbocycles. The van der Waals surface area contributed by atoms with E-state index in [0.29, 0.717) is 6.42 Å². The first kappa shape index (κ1) is 20.7. The molecule has 28 heavy (non-hydrogen) atoms. The van der Waals surface area contributed by atoms with Crippen LogP contribution in [-0.2, 0) is 9.84 Å². The summed E-state index contributed by atoms with van der Waals surface area (Å²) in [6.45, 7) is 0.785. The smallest absolute Gasteiger partial charge is 0.341 e. The Morgan fingerprint density at radius 2 is 1.68 bits per heavy atom. The minimum Gasteiger partial charge on any atom is -0.388 e. The highest BCUT2D eigenvalue weighted by Crippen LogP contribution is 2.31. The summed E-state index contributed by atoms with van der Waals surface area (Å²) in [5.41, 5.74) is 1.66. The fraction of sp³-hybridized carbons (Fsp3) is 0.429. The van der Waals surface area contributed by atoms with Gasteiger partial charge in [-0.25, -0.2) is 8.42 Å². The van der Waals surface area contributed by atoms with Crippen molar-refractivity contribution in [2.75, 3.05) is 11.4 Å². The highest BCUT2D eigenvalue weighted by Gasteiger charge is 2.28.